The fourth-order valence-corrected chi connectivity index (χ4v) is 5.57. The fourth-order valence-electron chi connectivity index (χ4n) is 5.57. The first-order valence-corrected chi connectivity index (χ1v) is 13.8. The Hall–Kier alpha value is -4.76. The zero-order valence-electron chi connectivity index (χ0n) is 23.2. The van der Waals surface area contributed by atoms with Crippen LogP contribution in [0.5, 0.6) is 0 Å². The second-order valence-electron chi connectivity index (χ2n) is 9.77. The van der Waals surface area contributed by atoms with E-state index in [0.717, 1.165) is 33.5 Å². The van der Waals surface area contributed by atoms with Crippen LogP contribution in [0.4, 0.5) is 5.69 Å². The van der Waals surface area contributed by atoms with E-state index in [1.165, 1.54) is 0 Å². The van der Waals surface area contributed by atoms with Crippen LogP contribution in [-0.2, 0) is 0 Å². The third kappa shape index (κ3) is 4.99. The first-order valence-electron chi connectivity index (χ1n) is 13.8. The Morgan fingerprint density at radius 2 is 0.900 bits per heavy atom. The van der Waals surface area contributed by atoms with Gasteiger partial charge in [0.05, 0.1) is 11.3 Å². The lowest BCUT2D eigenvalue weighted by Gasteiger charge is -2.31. The van der Waals surface area contributed by atoms with Crippen molar-refractivity contribution in [1.29, 1.82) is 0 Å². The van der Waals surface area contributed by atoms with Crippen molar-refractivity contribution in [2.24, 2.45) is 0 Å². The minimum absolute atomic E-state index is 0.151. The van der Waals surface area contributed by atoms with Gasteiger partial charge in [0.2, 0.25) is 0 Å². The van der Waals surface area contributed by atoms with Crippen LogP contribution in [-0.4, -0.2) is 24.7 Å². The molecule has 198 valence electrons. The average Bonchev–Trinajstić information content (AvgIpc) is 3.03. The van der Waals surface area contributed by atoms with Gasteiger partial charge in [0.1, 0.15) is 0 Å². The Kier molecular flexibility index (Phi) is 8.02. The van der Waals surface area contributed by atoms with Crippen LogP contribution in [0.3, 0.4) is 0 Å². The molecule has 0 heterocycles. The summed E-state index contributed by atoms with van der Waals surface area (Å²) in [6.07, 6.45) is 0. The molecule has 5 aromatic rings. The van der Waals surface area contributed by atoms with Gasteiger partial charge in [-0.2, -0.15) is 0 Å². The molecule has 3 heteroatoms. The monoisotopic (exact) mass is 523 g/mol. The molecular formula is C37H33NO2. The zero-order valence-corrected chi connectivity index (χ0v) is 23.2. The lowest BCUT2D eigenvalue weighted by molar-refractivity contribution is 0.100. The smallest absolute Gasteiger partial charge is 0.195 e. The first-order chi connectivity index (χ1) is 19.6. The molecule has 0 radical (unpaired) electrons. The summed E-state index contributed by atoms with van der Waals surface area (Å²) in [6.45, 7) is 7.66. The Morgan fingerprint density at radius 3 is 1.32 bits per heavy atom. The standard InChI is InChI=1S/C37H33NO2/c1-4-38(5-2)35-26(3)31(27-18-10-6-11-19-27)32(28-20-12-7-13-21-28)33(36(39)29-22-14-8-15-23-29)34(35)37(40)30-24-16-9-17-25-30/h6-25H,4-5H2,1-3H3. The molecule has 5 aromatic carbocycles. The molecule has 0 aromatic heterocycles. The molecule has 0 unspecified atom stereocenters. The molecule has 0 N–H and O–H groups in total. The second-order valence-corrected chi connectivity index (χ2v) is 9.77. The van der Waals surface area contributed by atoms with Gasteiger partial charge in [-0.05, 0) is 43.0 Å². The van der Waals surface area contributed by atoms with Crippen molar-refractivity contribution in [3.8, 4) is 22.3 Å². The molecule has 0 aliphatic carbocycles. The number of rotatable bonds is 9. The van der Waals surface area contributed by atoms with E-state index in [1.807, 2.05) is 109 Å². The van der Waals surface area contributed by atoms with Crippen LogP contribution < -0.4 is 4.90 Å². The highest BCUT2D eigenvalue weighted by Crippen LogP contribution is 2.46. The van der Waals surface area contributed by atoms with E-state index in [1.54, 1.807) is 0 Å². The second kappa shape index (κ2) is 12.0. The summed E-state index contributed by atoms with van der Waals surface area (Å²) in [5, 5.41) is 0. The van der Waals surface area contributed by atoms with E-state index in [9.17, 15) is 9.59 Å². The fraction of sp³-hybridized carbons (Fsp3) is 0.135. The molecule has 0 aliphatic heterocycles. The number of hydrogen-bond acceptors (Lipinski definition) is 3. The Balaban J connectivity index is 2.02. The van der Waals surface area contributed by atoms with Gasteiger partial charge in [-0.3, -0.25) is 9.59 Å². The van der Waals surface area contributed by atoms with Crippen LogP contribution >= 0.6 is 0 Å². The summed E-state index contributed by atoms with van der Waals surface area (Å²) in [7, 11) is 0. The quantitative estimate of drug-likeness (QED) is 0.181. The normalized spacial score (nSPS) is 10.8. The van der Waals surface area contributed by atoms with E-state index in [0.29, 0.717) is 35.3 Å². The van der Waals surface area contributed by atoms with Crippen LogP contribution in [0.1, 0.15) is 51.3 Å². The molecule has 0 bridgehead atoms. The van der Waals surface area contributed by atoms with Crippen molar-refractivity contribution in [3.63, 3.8) is 0 Å². The number of anilines is 1. The maximum absolute atomic E-state index is 14.7. The van der Waals surface area contributed by atoms with E-state index in [2.05, 4.69) is 37.8 Å². The van der Waals surface area contributed by atoms with E-state index in [-0.39, 0.29) is 11.6 Å². The average molecular weight is 524 g/mol. The molecule has 0 saturated carbocycles. The summed E-state index contributed by atoms with van der Waals surface area (Å²) >= 11 is 0. The van der Waals surface area contributed by atoms with Crippen molar-refractivity contribution in [3.05, 3.63) is 149 Å². The number of benzene rings is 5. The maximum atomic E-state index is 14.7. The van der Waals surface area contributed by atoms with Crippen LogP contribution in [0.25, 0.3) is 22.3 Å². The molecule has 0 fully saturated rings. The third-order valence-corrected chi connectivity index (χ3v) is 7.45. The van der Waals surface area contributed by atoms with E-state index < -0.39 is 0 Å². The lowest BCUT2D eigenvalue weighted by Crippen LogP contribution is -2.28. The van der Waals surface area contributed by atoms with Gasteiger partial charge >= 0.3 is 0 Å². The summed E-state index contributed by atoms with van der Waals surface area (Å²) in [5.74, 6) is -0.314. The first kappa shape index (κ1) is 26.8. The summed E-state index contributed by atoms with van der Waals surface area (Å²) in [4.78, 5) is 31.4. The topological polar surface area (TPSA) is 37.4 Å². The number of carbonyl (C=O) groups is 2. The summed E-state index contributed by atoms with van der Waals surface area (Å²) in [5.41, 5.74) is 7.47. The van der Waals surface area contributed by atoms with Crippen molar-refractivity contribution < 1.29 is 9.59 Å². The number of carbonyl (C=O) groups excluding carboxylic acids is 2. The van der Waals surface area contributed by atoms with Gasteiger partial charge in [-0.25, -0.2) is 0 Å². The predicted octanol–water partition coefficient (Wildman–Crippen LogP) is 8.64. The Morgan fingerprint density at radius 1 is 0.525 bits per heavy atom. The van der Waals surface area contributed by atoms with Crippen LogP contribution in [0.2, 0.25) is 0 Å². The molecule has 3 nitrogen and oxygen atoms in total. The van der Waals surface area contributed by atoms with Gasteiger partial charge in [0.25, 0.3) is 0 Å². The minimum Gasteiger partial charge on any atom is -0.371 e. The van der Waals surface area contributed by atoms with E-state index >= 15 is 0 Å². The lowest BCUT2D eigenvalue weighted by atomic mass is 9.79. The SMILES string of the molecule is CCN(CC)c1c(C)c(-c2ccccc2)c(-c2ccccc2)c(C(=O)c2ccccc2)c1C(=O)c1ccccc1. The predicted molar refractivity (Wildman–Crippen MR) is 165 cm³/mol. The van der Waals surface area contributed by atoms with Crippen molar-refractivity contribution in [2.45, 2.75) is 20.8 Å². The highest BCUT2D eigenvalue weighted by Gasteiger charge is 2.33. The Bertz CT molecular complexity index is 1620. The number of nitrogens with zero attached hydrogens (tertiary/aromatic N) is 1. The molecule has 5 rings (SSSR count). The minimum atomic E-state index is -0.163. The number of hydrogen-bond donors (Lipinski definition) is 0. The van der Waals surface area contributed by atoms with Gasteiger partial charge in [0.15, 0.2) is 11.6 Å². The van der Waals surface area contributed by atoms with Crippen molar-refractivity contribution >= 4 is 17.3 Å². The zero-order chi connectivity index (χ0) is 28.1. The number of ketones is 2. The summed E-state index contributed by atoms with van der Waals surface area (Å²) < 4.78 is 0. The van der Waals surface area contributed by atoms with Crippen LogP contribution in [0, 0.1) is 6.92 Å². The molecular weight excluding hydrogens is 490 g/mol. The summed E-state index contributed by atoms with van der Waals surface area (Å²) in [6, 6.07) is 38.7. The van der Waals surface area contributed by atoms with Gasteiger partial charge in [-0.1, -0.05) is 121 Å². The third-order valence-electron chi connectivity index (χ3n) is 7.45. The Labute approximate surface area is 236 Å². The molecule has 0 spiro atoms. The van der Waals surface area contributed by atoms with Gasteiger partial charge in [0, 0.05) is 35.3 Å². The van der Waals surface area contributed by atoms with Gasteiger partial charge < -0.3 is 4.90 Å². The maximum Gasteiger partial charge on any atom is 0.195 e. The largest absolute Gasteiger partial charge is 0.371 e. The highest BCUT2D eigenvalue weighted by molar-refractivity contribution is 6.26. The molecule has 0 atom stereocenters. The van der Waals surface area contributed by atoms with E-state index in [4.69, 9.17) is 0 Å². The van der Waals surface area contributed by atoms with Crippen molar-refractivity contribution in [2.75, 3.05) is 18.0 Å². The van der Waals surface area contributed by atoms with Crippen molar-refractivity contribution in [1.82, 2.24) is 0 Å². The van der Waals surface area contributed by atoms with Gasteiger partial charge in [-0.15, -0.1) is 0 Å². The molecule has 0 amide bonds. The molecule has 0 saturated heterocycles. The molecule has 40 heavy (non-hydrogen) atoms. The molecule has 0 aliphatic rings. The highest BCUT2D eigenvalue weighted by atomic mass is 16.1. The van der Waals surface area contributed by atoms with Crippen LogP contribution in [0.15, 0.2) is 121 Å².